The molecule has 2 unspecified atom stereocenters. The average molecular weight is 290 g/mol. The van der Waals surface area contributed by atoms with Gasteiger partial charge in [0.2, 0.25) is 5.91 Å². The van der Waals surface area contributed by atoms with E-state index in [-0.39, 0.29) is 11.3 Å². The van der Waals surface area contributed by atoms with Crippen LogP contribution >= 0.6 is 11.8 Å². The molecular weight excluding hydrogens is 268 g/mol. The van der Waals surface area contributed by atoms with Gasteiger partial charge in [-0.05, 0) is 37.9 Å². The number of hydrogen-bond acceptors (Lipinski definition) is 3. The highest BCUT2D eigenvalue weighted by atomic mass is 32.2. The summed E-state index contributed by atoms with van der Waals surface area (Å²) in [7, 11) is 1.74. The van der Waals surface area contributed by atoms with Crippen molar-refractivity contribution in [2.45, 2.75) is 29.9 Å². The maximum Gasteiger partial charge on any atom is 0.227 e. The molecule has 1 N–H and O–H groups in total. The van der Waals surface area contributed by atoms with Crippen molar-refractivity contribution in [2.75, 3.05) is 26.7 Å². The fourth-order valence-corrected chi connectivity index (χ4v) is 4.71. The normalized spacial score (nSPS) is 29.4. The zero-order chi connectivity index (χ0) is 14.2. The Hall–Kier alpha value is -1.00. The molecule has 1 saturated heterocycles. The molecule has 108 valence electrons. The third kappa shape index (κ3) is 2.59. The maximum absolute atomic E-state index is 12.0. The molecule has 0 aliphatic carbocycles. The molecule has 20 heavy (non-hydrogen) atoms. The fraction of sp³-hybridized carbons (Fsp3) is 0.562. The van der Waals surface area contributed by atoms with Crippen molar-refractivity contribution < 1.29 is 4.79 Å². The molecule has 1 aromatic carbocycles. The van der Waals surface area contributed by atoms with Gasteiger partial charge >= 0.3 is 0 Å². The Morgan fingerprint density at radius 1 is 1.50 bits per heavy atom. The first-order valence-electron chi connectivity index (χ1n) is 7.30. The van der Waals surface area contributed by atoms with Gasteiger partial charge in [0.15, 0.2) is 0 Å². The van der Waals surface area contributed by atoms with Gasteiger partial charge in [-0.25, -0.2) is 0 Å². The molecule has 2 aliphatic heterocycles. The number of fused-ring (bicyclic) bond motifs is 1. The molecule has 0 aromatic heterocycles. The lowest BCUT2D eigenvalue weighted by Gasteiger charge is -2.24. The highest BCUT2D eigenvalue weighted by Crippen LogP contribution is 2.38. The fourth-order valence-electron chi connectivity index (χ4n) is 3.34. The van der Waals surface area contributed by atoms with E-state index < -0.39 is 0 Å². The molecule has 0 bridgehead atoms. The number of thioether (sulfide) groups is 1. The molecule has 3 nitrogen and oxygen atoms in total. The molecule has 0 spiro atoms. The van der Waals surface area contributed by atoms with E-state index in [1.54, 1.807) is 7.05 Å². The van der Waals surface area contributed by atoms with Crippen LogP contribution in [0, 0.1) is 5.41 Å². The van der Waals surface area contributed by atoms with E-state index in [2.05, 4.69) is 41.4 Å². The largest absolute Gasteiger partial charge is 0.359 e. The Kier molecular flexibility index (Phi) is 3.78. The number of rotatable bonds is 3. The van der Waals surface area contributed by atoms with Crippen molar-refractivity contribution in [3.05, 3.63) is 29.8 Å². The summed E-state index contributed by atoms with van der Waals surface area (Å²) in [5, 5.41) is 3.44. The number of amides is 1. The summed E-state index contributed by atoms with van der Waals surface area (Å²) in [6.45, 7) is 5.10. The molecule has 2 heterocycles. The van der Waals surface area contributed by atoms with Gasteiger partial charge in [0.1, 0.15) is 0 Å². The first-order chi connectivity index (χ1) is 9.60. The van der Waals surface area contributed by atoms with Gasteiger partial charge in [-0.1, -0.05) is 18.2 Å². The van der Waals surface area contributed by atoms with Gasteiger partial charge in [-0.15, -0.1) is 11.8 Å². The van der Waals surface area contributed by atoms with E-state index in [0.717, 1.165) is 32.5 Å². The maximum atomic E-state index is 12.0. The first kappa shape index (κ1) is 14.0. The second-order valence-electron chi connectivity index (χ2n) is 6.18. The lowest BCUT2D eigenvalue weighted by atomic mass is 9.89. The van der Waals surface area contributed by atoms with E-state index in [9.17, 15) is 4.79 Å². The number of nitrogens with one attached hydrogen (secondary N) is 1. The summed E-state index contributed by atoms with van der Waals surface area (Å²) in [5.74, 6) is 0.183. The zero-order valence-electron chi connectivity index (χ0n) is 12.2. The minimum absolute atomic E-state index is 0.183. The number of benzene rings is 1. The van der Waals surface area contributed by atoms with Crippen molar-refractivity contribution in [3.8, 4) is 0 Å². The number of carbonyl (C=O) groups excluding carboxylic acids is 1. The molecule has 1 aromatic rings. The minimum Gasteiger partial charge on any atom is -0.359 e. The molecule has 0 radical (unpaired) electrons. The zero-order valence-corrected chi connectivity index (χ0v) is 13.0. The number of hydrogen-bond donors (Lipinski definition) is 1. The Bertz CT molecular complexity index is 494. The number of nitrogens with zero attached hydrogens (tertiary/aromatic N) is 1. The van der Waals surface area contributed by atoms with Crippen LogP contribution in [0.15, 0.2) is 29.2 Å². The van der Waals surface area contributed by atoms with Gasteiger partial charge in [0, 0.05) is 30.3 Å². The van der Waals surface area contributed by atoms with Gasteiger partial charge in [0.05, 0.1) is 5.41 Å². The Labute approximate surface area is 125 Å². The Morgan fingerprint density at radius 2 is 2.30 bits per heavy atom. The summed E-state index contributed by atoms with van der Waals surface area (Å²) in [6.07, 6.45) is 2.13. The van der Waals surface area contributed by atoms with Crippen LogP contribution in [0.2, 0.25) is 0 Å². The summed E-state index contributed by atoms with van der Waals surface area (Å²) in [4.78, 5) is 15.8. The van der Waals surface area contributed by atoms with E-state index in [1.807, 2.05) is 11.8 Å². The third-order valence-electron chi connectivity index (χ3n) is 4.50. The van der Waals surface area contributed by atoms with Gasteiger partial charge in [0.25, 0.3) is 0 Å². The van der Waals surface area contributed by atoms with Crippen molar-refractivity contribution in [1.82, 2.24) is 10.2 Å². The van der Waals surface area contributed by atoms with Crippen LogP contribution < -0.4 is 5.32 Å². The predicted molar refractivity (Wildman–Crippen MR) is 83.0 cm³/mol. The van der Waals surface area contributed by atoms with Crippen LogP contribution in [0.25, 0.3) is 0 Å². The standard InChI is InChI=1S/C16H22N2OS/c1-16(15(19)17-2)7-8-18(11-16)10-13-9-12-5-3-4-6-14(12)20-13/h3-6,13H,7-11H2,1-2H3,(H,17,19). The van der Waals surface area contributed by atoms with E-state index in [0.29, 0.717) is 5.25 Å². The molecule has 3 rings (SSSR count). The highest BCUT2D eigenvalue weighted by Gasteiger charge is 2.40. The SMILES string of the molecule is CNC(=O)C1(C)CCN(CC2Cc3ccccc3S2)C1. The van der Waals surface area contributed by atoms with E-state index >= 15 is 0 Å². The molecule has 0 saturated carbocycles. The monoisotopic (exact) mass is 290 g/mol. The topological polar surface area (TPSA) is 32.3 Å². The first-order valence-corrected chi connectivity index (χ1v) is 8.18. The molecule has 1 fully saturated rings. The third-order valence-corrected chi connectivity index (χ3v) is 5.80. The number of carbonyl (C=O) groups is 1. The van der Waals surface area contributed by atoms with Crippen molar-refractivity contribution in [1.29, 1.82) is 0 Å². The Balaban J connectivity index is 1.58. The van der Waals surface area contributed by atoms with Crippen LogP contribution in [0.1, 0.15) is 18.9 Å². The second-order valence-corrected chi connectivity index (χ2v) is 7.52. The summed E-state index contributed by atoms with van der Waals surface area (Å²) in [6, 6.07) is 8.70. The van der Waals surface area contributed by atoms with Crippen LogP contribution in [0.4, 0.5) is 0 Å². The summed E-state index contributed by atoms with van der Waals surface area (Å²) < 4.78 is 0. The lowest BCUT2D eigenvalue weighted by molar-refractivity contribution is -0.129. The quantitative estimate of drug-likeness (QED) is 0.926. The van der Waals surface area contributed by atoms with Gasteiger partial charge in [-0.2, -0.15) is 0 Å². The molecule has 1 amide bonds. The van der Waals surface area contributed by atoms with E-state index in [1.165, 1.54) is 10.5 Å². The minimum atomic E-state index is -0.203. The van der Waals surface area contributed by atoms with Crippen LogP contribution in [-0.2, 0) is 11.2 Å². The van der Waals surface area contributed by atoms with Crippen LogP contribution in [0.3, 0.4) is 0 Å². The van der Waals surface area contributed by atoms with Crippen molar-refractivity contribution in [2.24, 2.45) is 5.41 Å². The van der Waals surface area contributed by atoms with Gasteiger partial charge in [-0.3, -0.25) is 4.79 Å². The molecule has 2 atom stereocenters. The van der Waals surface area contributed by atoms with Crippen LogP contribution in [-0.4, -0.2) is 42.7 Å². The molecule has 2 aliphatic rings. The molecule has 4 heteroatoms. The summed E-state index contributed by atoms with van der Waals surface area (Å²) >= 11 is 2.00. The van der Waals surface area contributed by atoms with Crippen molar-refractivity contribution in [3.63, 3.8) is 0 Å². The molecular formula is C16H22N2OS. The number of likely N-dealkylation sites (tertiary alicyclic amines) is 1. The predicted octanol–water partition coefficient (Wildman–Crippen LogP) is 2.16. The Morgan fingerprint density at radius 3 is 3.05 bits per heavy atom. The average Bonchev–Trinajstić information content (AvgIpc) is 3.02. The van der Waals surface area contributed by atoms with Crippen LogP contribution in [0.5, 0.6) is 0 Å². The smallest absolute Gasteiger partial charge is 0.227 e. The second kappa shape index (κ2) is 5.41. The summed E-state index contributed by atoms with van der Waals surface area (Å²) in [5.41, 5.74) is 1.28. The lowest BCUT2D eigenvalue weighted by Crippen LogP contribution is -2.40. The highest BCUT2D eigenvalue weighted by molar-refractivity contribution is 8.00. The van der Waals surface area contributed by atoms with Crippen molar-refractivity contribution >= 4 is 17.7 Å². The van der Waals surface area contributed by atoms with E-state index in [4.69, 9.17) is 0 Å². The van der Waals surface area contributed by atoms with Gasteiger partial charge < -0.3 is 10.2 Å².